The molecule has 0 radical (unpaired) electrons. The first-order chi connectivity index (χ1) is 9.12. The largest absolute Gasteiger partial charge is 0.316 e. The van der Waals surface area contributed by atoms with Crippen LogP contribution in [0.5, 0.6) is 0 Å². The minimum absolute atomic E-state index is 0.210. The summed E-state index contributed by atoms with van der Waals surface area (Å²) in [5.41, 5.74) is -0.210. The van der Waals surface area contributed by atoms with Gasteiger partial charge in [-0.15, -0.1) is 0 Å². The molecular formula is C17H35NO. The van der Waals surface area contributed by atoms with E-state index in [0.717, 1.165) is 19.4 Å². The van der Waals surface area contributed by atoms with Crippen LogP contribution in [0.15, 0.2) is 0 Å². The summed E-state index contributed by atoms with van der Waals surface area (Å²) in [5, 5.41) is 3.37. The lowest BCUT2D eigenvalue weighted by molar-refractivity contribution is -0.114. The van der Waals surface area contributed by atoms with Gasteiger partial charge in [-0.05, 0) is 13.0 Å². The van der Waals surface area contributed by atoms with Crippen molar-refractivity contribution in [2.75, 3.05) is 13.1 Å². The second-order valence-electron chi connectivity index (χ2n) is 6.47. The predicted octanol–water partition coefficient (Wildman–Crippen LogP) is 4.72. The van der Waals surface area contributed by atoms with Crippen molar-refractivity contribution in [2.45, 2.75) is 85.0 Å². The molecule has 0 saturated heterocycles. The second kappa shape index (κ2) is 12.7. The van der Waals surface area contributed by atoms with E-state index in [1.165, 1.54) is 64.2 Å². The molecule has 0 amide bonds. The Labute approximate surface area is 120 Å². The molecule has 0 saturated carbocycles. The summed E-state index contributed by atoms with van der Waals surface area (Å²) < 4.78 is 0. The van der Waals surface area contributed by atoms with Gasteiger partial charge >= 0.3 is 0 Å². The molecule has 0 aliphatic carbocycles. The molecule has 0 atom stereocenters. The number of carbonyl (C=O) groups excluding carboxylic acids is 1. The molecule has 0 rings (SSSR count). The molecule has 114 valence electrons. The highest BCUT2D eigenvalue weighted by atomic mass is 16.1. The highest BCUT2D eigenvalue weighted by Crippen LogP contribution is 2.11. The highest BCUT2D eigenvalue weighted by molar-refractivity contribution is 5.58. The molecule has 1 N–H and O–H groups in total. The molecule has 0 heterocycles. The topological polar surface area (TPSA) is 29.1 Å². The van der Waals surface area contributed by atoms with Crippen LogP contribution in [0.1, 0.15) is 85.0 Å². The van der Waals surface area contributed by atoms with Gasteiger partial charge in [-0.2, -0.15) is 0 Å². The summed E-state index contributed by atoms with van der Waals surface area (Å²) >= 11 is 0. The molecule has 19 heavy (non-hydrogen) atoms. The third-order valence-corrected chi connectivity index (χ3v) is 3.61. The van der Waals surface area contributed by atoms with E-state index in [9.17, 15) is 4.79 Å². The van der Waals surface area contributed by atoms with Crippen LogP contribution in [0.2, 0.25) is 0 Å². The van der Waals surface area contributed by atoms with E-state index >= 15 is 0 Å². The lowest BCUT2D eigenvalue weighted by Crippen LogP contribution is -2.31. The van der Waals surface area contributed by atoms with Crippen molar-refractivity contribution in [3.8, 4) is 0 Å². The minimum Gasteiger partial charge on any atom is -0.316 e. The molecule has 0 aromatic heterocycles. The first-order valence-corrected chi connectivity index (χ1v) is 8.29. The summed E-state index contributed by atoms with van der Waals surface area (Å²) in [7, 11) is 0. The van der Waals surface area contributed by atoms with Gasteiger partial charge in [0.1, 0.15) is 6.29 Å². The molecule has 0 aromatic rings. The summed E-state index contributed by atoms with van der Waals surface area (Å²) in [6, 6.07) is 0. The van der Waals surface area contributed by atoms with E-state index in [2.05, 4.69) is 12.2 Å². The van der Waals surface area contributed by atoms with Crippen LogP contribution in [0.4, 0.5) is 0 Å². The van der Waals surface area contributed by atoms with Crippen molar-refractivity contribution in [1.82, 2.24) is 5.32 Å². The zero-order valence-electron chi connectivity index (χ0n) is 13.5. The highest BCUT2D eigenvalue weighted by Gasteiger charge is 2.14. The Balaban J connectivity index is 3.09. The number of nitrogens with one attached hydrogen (secondary N) is 1. The Morgan fingerprint density at radius 1 is 0.842 bits per heavy atom. The fraction of sp³-hybridized carbons (Fsp3) is 0.941. The van der Waals surface area contributed by atoms with Crippen LogP contribution in [0.25, 0.3) is 0 Å². The van der Waals surface area contributed by atoms with Gasteiger partial charge in [-0.1, -0.05) is 78.6 Å². The van der Waals surface area contributed by atoms with Crippen LogP contribution in [0, 0.1) is 5.41 Å². The van der Waals surface area contributed by atoms with Crippen LogP contribution in [0.3, 0.4) is 0 Å². The van der Waals surface area contributed by atoms with Gasteiger partial charge in [0.2, 0.25) is 0 Å². The average Bonchev–Trinajstić information content (AvgIpc) is 2.40. The number of hydrogen-bond acceptors (Lipinski definition) is 2. The fourth-order valence-corrected chi connectivity index (χ4v) is 2.19. The number of unbranched alkanes of at least 4 members (excludes halogenated alkanes) is 9. The van der Waals surface area contributed by atoms with Gasteiger partial charge in [0.25, 0.3) is 0 Å². The monoisotopic (exact) mass is 269 g/mol. The van der Waals surface area contributed by atoms with E-state index in [0.29, 0.717) is 0 Å². The lowest BCUT2D eigenvalue weighted by atomic mass is 9.96. The van der Waals surface area contributed by atoms with Gasteiger partial charge in [0.15, 0.2) is 0 Å². The maximum Gasteiger partial charge on any atom is 0.126 e. The Morgan fingerprint density at radius 2 is 1.32 bits per heavy atom. The second-order valence-corrected chi connectivity index (χ2v) is 6.47. The molecule has 0 bridgehead atoms. The Hall–Kier alpha value is -0.370. The Kier molecular flexibility index (Phi) is 12.4. The van der Waals surface area contributed by atoms with Crippen molar-refractivity contribution in [3.05, 3.63) is 0 Å². The first-order valence-electron chi connectivity index (χ1n) is 8.29. The molecule has 2 heteroatoms. The van der Waals surface area contributed by atoms with Crippen molar-refractivity contribution >= 4 is 6.29 Å². The molecule has 0 unspecified atom stereocenters. The standard InChI is InChI=1S/C17H35NO/c1-4-5-6-7-8-9-10-11-12-13-14-18-15-17(2,3)16-19/h16,18H,4-15H2,1-3H3. The summed E-state index contributed by atoms with van der Waals surface area (Å²) in [6.45, 7) is 8.07. The molecule has 0 aliphatic rings. The molecule has 0 aliphatic heterocycles. The van der Waals surface area contributed by atoms with E-state index < -0.39 is 0 Å². The van der Waals surface area contributed by atoms with Crippen molar-refractivity contribution in [1.29, 1.82) is 0 Å². The normalized spacial score (nSPS) is 11.7. The van der Waals surface area contributed by atoms with Crippen molar-refractivity contribution < 1.29 is 4.79 Å². The van der Waals surface area contributed by atoms with Crippen LogP contribution in [-0.4, -0.2) is 19.4 Å². The van der Waals surface area contributed by atoms with E-state index in [1.807, 2.05) is 13.8 Å². The quantitative estimate of drug-likeness (QED) is 0.365. The number of carbonyl (C=O) groups is 1. The third kappa shape index (κ3) is 13.9. The number of hydrogen-bond donors (Lipinski definition) is 1. The number of aldehydes is 1. The molecule has 2 nitrogen and oxygen atoms in total. The van der Waals surface area contributed by atoms with Gasteiger partial charge in [-0.25, -0.2) is 0 Å². The summed E-state index contributed by atoms with van der Waals surface area (Å²) in [4.78, 5) is 10.7. The lowest BCUT2D eigenvalue weighted by Gasteiger charge is -2.17. The van der Waals surface area contributed by atoms with Crippen molar-refractivity contribution in [2.24, 2.45) is 5.41 Å². The van der Waals surface area contributed by atoms with Crippen molar-refractivity contribution in [3.63, 3.8) is 0 Å². The Bertz CT molecular complexity index is 201. The van der Waals surface area contributed by atoms with Crippen LogP contribution >= 0.6 is 0 Å². The third-order valence-electron chi connectivity index (χ3n) is 3.61. The van der Waals surface area contributed by atoms with E-state index in [1.54, 1.807) is 0 Å². The van der Waals surface area contributed by atoms with Gasteiger partial charge in [-0.3, -0.25) is 0 Å². The van der Waals surface area contributed by atoms with E-state index in [-0.39, 0.29) is 5.41 Å². The SMILES string of the molecule is CCCCCCCCCCCCNCC(C)(C)C=O. The van der Waals surface area contributed by atoms with Gasteiger partial charge in [0, 0.05) is 12.0 Å². The molecule has 0 aromatic carbocycles. The van der Waals surface area contributed by atoms with E-state index in [4.69, 9.17) is 0 Å². The number of rotatable bonds is 14. The zero-order chi connectivity index (χ0) is 14.4. The zero-order valence-corrected chi connectivity index (χ0v) is 13.5. The van der Waals surface area contributed by atoms with Crippen LogP contribution < -0.4 is 5.32 Å². The van der Waals surface area contributed by atoms with Gasteiger partial charge < -0.3 is 10.1 Å². The maximum absolute atomic E-state index is 10.7. The summed E-state index contributed by atoms with van der Waals surface area (Å²) in [6.07, 6.45) is 14.8. The molecule has 0 spiro atoms. The predicted molar refractivity (Wildman–Crippen MR) is 84.6 cm³/mol. The van der Waals surface area contributed by atoms with Crippen LogP contribution in [-0.2, 0) is 4.79 Å². The summed E-state index contributed by atoms with van der Waals surface area (Å²) in [5.74, 6) is 0. The maximum atomic E-state index is 10.7. The first kappa shape index (κ1) is 18.6. The fourth-order valence-electron chi connectivity index (χ4n) is 2.19. The Morgan fingerprint density at radius 3 is 1.79 bits per heavy atom. The minimum atomic E-state index is -0.210. The molecule has 0 fully saturated rings. The smallest absolute Gasteiger partial charge is 0.126 e. The molecular weight excluding hydrogens is 234 g/mol. The van der Waals surface area contributed by atoms with Gasteiger partial charge in [0.05, 0.1) is 0 Å². The average molecular weight is 269 g/mol.